The Morgan fingerprint density at radius 1 is 1.33 bits per heavy atom. The largest absolute Gasteiger partial charge is 0.179 e. The van der Waals surface area contributed by atoms with Crippen LogP contribution in [0.25, 0.3) is 0 Å². The van der Waals surface area contributed by atoms with Crippen LogP contribution >= 0.6 is 40.2 Å². The Bertz CT molecular complexity index is 242. The molecule has 0 aliphatic carbocycles. The number of hydrogen-bond donors (Lipinski definition) is 1. The number of thiol groups is 1. The number of benzene rings is 1. The molecule has 66 valence electrons. The van der Waals surface area contributed by atoms with E-state index in [1.54, 1.807) is 0 Å². The molecule has 1 aromatic rings. The minimum atomic E-state index is 0.790. The number of aryl methyl sites for hydroxylation is 1. The number of hydrogen-bond acceptors (Lipinski definition) is 1. The summed E-state index contributed by atoms with van der Waals surface area (Å²) in [5, 5.41) is 0.790. The maximum absolute atomic E-state index is 5.88. The summed E-state index contributed by atoms with van der Waals surface area (Å²) < 4.78 is 1.05. The molecule has 0 aliphatic rings. The summed E-state index contributed by atoms with van der Waals surface area (Å²) in [6, 6.07) is 5.98. The van der Waals surface area contributed by atoms with E-state index in [-0.39, 0.29) is 0 Å². The molecular weight excluding hydrogens is 256 g/mol. The van der Waals surface area contributed by atoms with Crippen LogP contribution in [0.3, 0.4) is 0 Å². The second-order valence-corrected chi connectivity index (χ2v) is 4.40. The van der Waals surface area contributed by atoms with Crippen molar-refractivity contribution >= 4 is 40.2 Å². The smallest absolute Gasteiger partial charge is 0.0419 e. The van der Waals surface area contributed by atoms with E-state index in [1.165, 1.54) is 5.56 Å². The fourth-order valence-electron chi connectivity index (χ4n) is 1.04. The van der Waals surface area contributed by atoms with Crippen molar-refractivity contribution in [1.29, 1.82) is 0 Å². The normalized spacial score (nSPS) is 10.2. The fourth-order valence-corrected chi connectivity index (χ4v) is 2.13. The topological polar surface area (TPSA) is 0 Å². The van der Waals surface area contributed by atoms with Crippen molar-refractivity contribution in [3.63, 3.8) is 0 Å². The van der Waals surface area contributed by atoms with Gasteiger partial charge in [0.05, 0.1) is 0 Å². The lowest BCUT2D eigenvalue weighted by atomic mass is 10.1. The van der Waals surface area contributed by atoms with Crippen molar-refractivity contribution in [1.82, 2.24) is 0 Å². The van der Waals surface area contributed by atoms with E-state index in [2.05, 4.69) is 34.6 Å². The molecule has 0 unspecified atom stereocenters. The zero-order valence-corrected chi connectivity index (χ0v) is 9.79. The average molecular weight is 266 g/mol. The summed E-state index contributed by atoms with van der Waals surface area (Å²) in [5.74, 6) is 0.921. The predicted molar refractivity (Wildman–Crippen MR) is 61.3 cm³/mol. The first-order valence-corrected chi connectivity index (χ1v) is 5.58. The molecule has 0 N–H and O–H groups in total. The van der Waals surface area contributed by atoms with E-state index in [9.17, 15) is 0 Å². The molecule has 0 nitrogen and oxygen atoms in total. The molecule has 3 heteroatoms. The van der Waals surface area contributed by atoms with Gasteiger partial charge in [0.2, 0.25) is 0 Å². The molecule has 0 bridgehead atoms. The minimum absolute atomic E-state index is 0.790. The van der Waals surface area contributed by atoms with Crippen molar-refractivity contribution in [3.05, 3.63) is 33.3 Å². The van der Waals surface area contributed by atoms with Gasteiger partial charge in [-0.3, -0.25) is 0 Å². The summed E-state index contributed by atoms with van der Waals surface area (Å²) >= 11 is 13.4. The third-order valence-corrected chi connectivity index (χ3v) is 2.54. The molecule has 0 atom stereocenters. The highest BCUT2D eigenvalue weighted by Gasteiger charge is 1.96. The van der Waals surface area contributed by atoms with Gasteiger partial charge in [0.25, 0.3) is 0 Å². The van der Waals surface area contributed by atoms with E-state index in [0.29, 0.717) is 0 Å². The first kappa shape index (κ1) is 10.4. The van der Waals surface area contributed by atoms with Crippen LogP contribution in [-0.2, 0) is 6.42 Å². The summed E-state index contributed by atoms with van der Waals surface area (Å²) in [6.45, 7) is 0. The van der Waals surface area contributed by atoms with Gasteiger partial charge in [0, 0.05) is 9.50 Å². The molecule has 0 amide bonds. The molecule has 0 heterocycles. The van der Waals surface area contributed by atoms with Crippen molar-refractivity contribution < 1.29 is 0 Å². The van der Waals surface area contributed by atoms with Gasteiger partial charge in [-0.15, -0.1) is 0 Å². The average Bonchev–Trinajstić information content (AvgIpc) is 1.99. The lowest BCUT2D eigenvalue weighted by Crippen LogP contribution is -1.86. The van der Waals surface area contributed by atoms with Crippen LogP contribution in [0, 0.1) is 0 Å². The highest BCUT2D eigenvalue weighted by molar-refractivity contribution is 9.10. The molecule has 0 saturated carbocycles. The Kier molecular flexibility index (Phi) is 4.47. The summed E-state index contributed by atoms with van der Waals surface area (Å²) in [4.78, 5) is 0. The molecule has 0 radical (unpaired) electrons. The van der Waals surface area contributed by atoms with Gasteiger partial charge < -0.3 is 0 Å². The van der Waals surface area contributed by atoms with Crippen LogP contribution in [0.2, 0.25) is 5.02 Å². The maximum atomic E-state index is 5.88. The van der Waals surface area contributed by atoms with Gasteiger partial charge in [-0.1, -0.05) is 27.5 Å². The van der Waals surface area contributed by atoms with Crippen molar-refractivity contribution in [2.75, 3.05) is 5.75 Å². The number of halogens is 2. The monoisotopic (exact) mass is 264 g/mol. The van der Waals surface area contributed by atoms with E-state index < -0.39 is 0 Å². The van der Waals surface area contributed by atoms with Gasteiger partial charge in [-0.2, -0.15) is 12.6 Å². The molecule has 1 rings (SSSR count). The van der Waals surface area contributed by atoms with Gasteiger partial charge in [0.1, 0.15) is 0 Å². The fraction of sp³-hybridized carbons (Fsp3) is 0.333. The standard InChI is InChI=1S/C9H10BrClS/c10-8-4-7(2-1-3-12)5-9(11)6-8/h4-6,12H,1-3H2. The maximum Gasteiger partial charge on any atom is 0.0419 e. The highest BCUT2D eigenvalue weighted by atomic mass is 79.9. The van der Waals surface area contributed by atoms with E-state index in [0.717, 1.165) is 28.1 Å². The molecule has 0 aliphatic heterocycles. The molecule has 0 saturated heterocycles. The highest BCUT2D eigenvalue weighted by Crippen LogP contribution is 2.20. The van der Waals surface area contributed by atoms with Crippen molar-refractivity contribution in [3.8, 4) is 0 Å². The second-order valence-electron chi connectivity index (χ2n) is 2.60. The Balaban J connectivity index is 2.72. The zero-order chi connectivity index (χ0) is 8.97. The quantitative estimate of drug-likeness (QED) is 0.786. The molecule has 1 aromatic carbocycles. The molecule has 0 aromatic heterocycles. The van der Waals surface area contributed by atoms with Crippen molar-refractivity contribution in [2.24, 2.45) is 0 Å². The van der Waals surface area contributed by atoms with E-state index in [4.69, 9.17) is 11.6 Å². The van der Waals surface area contributed by atoms with Crippen molar-refractivity contribution in [2.45, 2.75) is 12.8 Å². The van der Waals surface area contributed by atoms with Crippen LogP contribution in [0.5, 0.6) is 0 Å². The van der Waals surface area contributed by atoms with Gasteiger partial charge in [0.15, 0.2) is 0 Å². The predicted octanol–water partition coefficient (Wildman–Crippen LogP) is 3.96. The third kappa shape index (κ3) is 3.38. The number of rotatable bonds is 3. The first-order chi connectivity index (χ1) is 5.72. The van der Waals surface area contributed by atoms with Gasteiger partial charge in [-0.05, 0) is 42.4 Å². The van der Waals surface area contributed by atoms with E-state index >= 15 is 0 Å². The lowest BCUT2D eigenvalue weighted by Gasteiger charge is -2.01. The first-order valence-electron chi connectivity index (χ1n) is 3.78. The molecule has 0 spiro atoms. The Morgan fingerprint density at radius 2 is 2.08 bits per heavy atom. The van der Waals surface area contributed by atoms with Crippen LogP contribution < -0.4 is 0 Å². The van der Waals surface area contributed by atoms with Crippen LogP contribution in [0.1, 0.15) is 12.0 Å². The molecule has 0 fully saturated rings. The second kappa shape index (κ2) is 5.15. The third-order valence-electron chi connectivity index (χ3n) is 1.55. The zero-order valence-electron chi connectivity index (χ0n) is 6.56. The Morgan fingerprint density at radius 3 is 2.67 bits per heavy atom. The van der Waals surface area contributed by atoms with E-state index in [1.807, 2.05) is 12.1 Å². The Hall–Kier alpha value is 0.340. The SMILES string of the molecule is SCCCc1cc(Cl)cc(Br)c1. The molecule has 12 heavy (non-hydrogen) atoms. The Labute approximate surface area is 91.9 Å². The van der Waals surface area contributed by atoms with Crippen LogP contribution in [0.4, 0.5) is 0 Å². The van der Waals surface area contributed by atoms with Crippen LogP contribution in [-0.4, -0.2) is 5.75 Å². The summed E-state index contributed by atoms with van der Waals surface area (Å²) in [7, 11) is 0. The summed E-state index contributed by atoms with van der Waals surface area (Å²) in [5.41, 5.74) is 1.27. The summed E-state index contributed by atoms with van der Waals surface area (Å²) in [6.07, 6.45) is 2.14. The van der Waals surface area contributed by atoms with Gasteiger partial charge in [-0.25, -0.2) is 0 Å². The molecular formula is C9H10BrClS. The minimum Gasteiger partial charge on any atom is -0.179 e. The van der Waals surface area contributed by atoms with Crippen LogP contribution in [0.15, 0.2) is 22.7 Å². The van der Waals surface area contributed by atoms with Gasteiger partial charge >= 0.3 is 0 Å². The lowest BCUT2D eigenvalue weighted by molar-refractivity contribution is 0.935.